The van der Waals surface area contributed by atoms with Gasteiger partial charge in [-0.25, -0.2) is 8.42 Å². The lowest BCUT2D eigenvalue weighted by Gasteiger charge is -2.20. The van der Waals surface area contributed by atoms with Crippen LogP contribution in [0.5, 0.6) is 0 Å². The van der Waals surface area contributed by atoms with Crippen molar-refractivity contribution in [2.24, 2.45) is 7.05 Å². The first-order valence-electron chi connectivity index (χ1n) is 5.58. The molecule has 1 heterocycles. The number of halogens is 1. The molecule has 0 aliphatic carbocycles. The van der Waals surface area contributed by atoms with Crippen LogP contribution in [0.1, 0.15) is 19.8 Å². The first-order valence-corrected chi connectivity index (χ1v) is 8.14. The van der Waals surface area contributed by atoms with Crippen LogP contribution in [0, 0.1) is 0 Å². The molecule has 7 heteroatoms. The number of unbranched alkanes of at least 4 members (excludes halogenated alkanes) is 1. The zero-order chi connectivity index (χ0) is 12.9. The highest BCUT2D eigenvalue weighted by Crippen LogP contribution is 2.15. The fraction of sp³-hybridized carbons (Fsp3) is 0.700. The molecule has 0 fully saturated rings. The summed E-state index contributed by atoms with van der Waals surface area (Å²) < 4.78 is 27.6. The van der Waals surface area contributed by atoms with Crippen LogP contribution >= 0.6 is 15.9 Å². The van der Waals surface area contributed by atoms with E-state index in [1.165, 1.54) is 21.3 Å². The monoisotopic (exact) mass is 323 g/mol. The van der Waals surface area contributed by atoms with Gasteiger partial charge in [-0.3, -0.25) is 4.68 Å². The first-order chi connectivity index (χ1) is 8.04. The second-order valence-corrected chi connectivity index (χ2v) is 6.42. The lowest BCUT2D eigenvalue weighted by Crippen LogP contribution is -2.34. The number of hydrogen-bond donors (Lipinski definition) is 0. The average Bonchev–Trinajstić information content (AvgIpc) is 2.71. The van der Waals surface area contributed by atoms with E-state index in [9.17, 15) is 8.42 Å². The Hall–Kier alpha value is -0.400. The lowest BCUT2D eigenvalue weighted by atomic mass is 10.3. The number of hydrogen-bond acceptors (Lipinski definition) is 3. The Kier molecular flexibility index (Phi) is 5.61. The molecule has 0 radical (unpaired) electrons. The maximum atomic E-state index is 12.4. The molecule has 0 aliphatic heterocycles. The van der Waals surface area contributed by atoms with Crippen molar-refractivity contribution in [2.75, 3.05) is 18.4 Å². The van der Waals surface area contributed by atoms with Crippen LogP contribution in [0.2, 0.25) is 0 Å². The number of aryl methyl sites for hydroxylation is 1. The van der Waals surface area contributed by atoms with E-state index in [4.69, 9.17) is 0 Å². The fourth-order valence-corrected chi connectivity index (χ4v) is 3.77. The molecule has 0 bridgehead atoms. The van der Waals surface area contributed by atoms with Gasteiger partial charge in [-0.05, 0) is 12.5 Å². The molecular weight excluding hydrogens is 306 g/mol. The smallest absolute Gasteiger partial charge is 0.256 e. The maximum absolute atomic E-state index is 12.4. The van der Waals surface area contributed by atoms with Crippen molar-refractivity contribution in [3.05, 3.63) is 12.3 Å². The lowest BCUT2D eigenvalue weighted by molar-refractivity contribution is 0.416. The third kappa shape index (κ3) is 3.53. The average molecular weight is 324 g/mol. The minimum absolute atomic E-state index is 0.245. The third-order valence-electron chi connectivity index (χ3n) is 2.48. The van der Waals surface area contributed by atoms with Gasteiger partial charge in [0.1, 0.15) is 0 Å². The molecule has 0 amide bonds. The number of aromatic nitrogens is 2. The summed E-state index contributed by atoms with van der Waals surface area (Å²) in [4.78, 5) is 0. The summed E-state index contributed by atoms with van der Waals surface area (Å²) in [6.45, 7) is 3.08. The summed E-state index contributed by atoms with van der Waals surface area (Å²) >= 11 is 3.29. The van der Waals surface area contributed by atoms with Crippen LogP contribution < -0.4 is 0 Å². The van der Waals surface area contributed by atoms with Crippen molar-refractivity contribution in [3.8, 4) is 0 Å². The van der Waals surface area contributed by atoms with E-state index in [0.29, 0.717) is 18.4 Å². The van der Waals surface area contributed by atoms with Crippen molar-refractivity contribution in [1.82, 2.24) is 14.1 Å². The van der Waals surface area contributed by atoms with Crippen molar-refractivity contribution in [3.63, 3.8) is 0 Å². The molecule has 98 valence electrons. The predicted octanol–water partition coefficient (Wildman–Crippen LogP) is 1.61. The summed E-state index contributed by atoms with van der Waals surface area (Å²) in [5, 5.41) is 4.78. The Balaban J connectivity index is 2.96. The van der Waals surface area contributed by atoms with E-state index in [2.05, 4.69) is 21.0 Å². The Bertz CT molecular complexity index is 444. The Morgan fingerprint density at radius 1 is 1.47 bits per heavy atom. The molecule has 1 aromatic rings. The minimum Gasteiger partial charge on any atom is -0.256 e. The van der Waals surface area contributed by atoms with Crippen molar-refractivity contribution >= 4 is 26.0 Å². The summed E-state index contributed by atoms with van der Waals surface area (Å²) in [7, 11) is -1.78. The molecule has 0 aromatic carbocycles. The van der Waals surface area contributed by atoms with Gasteiger partial charge in [-0.2, -0.15) is 9.40 Å². The number of rotatable bonds is 7. The number of nitrogens with zero attached hydrogens (tertiary/aromatic N) is 3. The van der Waals surface area contributed by atoms with Gasteiger partial charge in [0.15, 0.2) is 5.03 Å². The van der Waals surface area contributed by atoms with Crippen LogP contribution in [0.15, 0.2) is 17.3 Å². The van der Waals surface area contributed by atoms with E-state index in [0.717, 1.165) is 12.8 Å². The normalized spacial score (nSPS) is 12.2. The van der Waals surface area contributed by atoms with Gasteiger partial charge in [-0.1, -0.05) is 29.3 Å². The molecule has 0 saturated heterocycles. The third-order valence-corrected chi connectivity index (χ3v) is 4.80. The van der Waals surface area contributed by atoms with E-state index in [1.807, 2.05) is 6.92 Å². The zero-order valence-electron chi connectivity index (χ0n) is 10.1. The van der Waals surface area contributed by atoms with Crippen molar-refractivity contribution in [2.45, 2.75) is 24.8 Å². The van der Waals surface area contributed by atoms with Crippen LogP contribution in [-0.4, -0.2) is 40.9 Å². The molecule has 17 heavy (non-hydrogen) atoms. The summed E-state index contributed by atoms with van der Waals surface area (Å²) in [6, 6.07) is 1.53. The van der Waals surface area contributed by atoms with Gasteiger partial charge in [-0.15, -0.1) is 0 Å². The van der Waals surface area contributed by atoms with E-state index in [1.54, 1.807) is 7.05 Å². The summed E-state index contributed by atoms with van der Waals surface area (Å²) in [6.07, 6.45) is 3.34. The van der Waals surface area contributed by atoms with Crippen LogP contribution in [0.3, 0.4) is 0 Å². The Morgan fingerprint density at radius 2 is 2.18 bits per heavy atom. The summed E-state index contributed by atoms with van der Waals surface area (Å²) in [5.41, 5.74) is 0. The fourth-order valence-electron chi connectivity index (χ4n) is 1.53. The SMILES string of the molecule is CCCCN(CCBr)S(=O)(=O)c1ccnn1C. The van der Waals surface area contributed by atoms with Gasteiger partial charge in [0, 0.05) is 25.5 Å². The molecule has 0 spiro atoms. The maximum Gasteiger partial charge on any atom is 0.260 e. The Labute approximate surface area is 111 Å². The molecule has 1 aromatic heterocycles. The van der Waals surface area contributed by atoms with E-state index >= 15 is 0 Å². The van der Waals surface area contributed by atoms with Crippen molar-refractivity contribution < 1.29 is 8.42 Å². The standard InChI is InChI=1S/C10H18BrN3O2S/c1-3-4-8-14(9-6-11)17(15,16)10-5-7-12-13(10)2/h5,7H,3-4,6,8-9H2,1-2H3. The molecular formula is C10H18BrN3O2S. The van der Waals surface area contributed by atoms with Crippen LogP contribution in [0.25, 0.3) is 0 Å². The van der Waals surface area contributed by atoms with Gasteiger partial charge in [0.05, 0.1) is 6.20 Å². The predicted molar refractivity (Wildman–Crippen MR) is 70.7 cm³/mol. The van der Waals surface area contributed by atoms with Gasteiger partial charge in [0.25, 0.3) is 10.0 Å². The molecule has 0 unspecified atom stereocenters. The Morgan fingerprint density at radius 3 is 2.65 bits per heavy atom. The van der Waals surface area contributed by atoms with Crippen molar-refractivity contribution in [1.29, 1.82) is 0 Å². The number of sulfonamides is 1. The molecule has 0 saturated carbocycles. The quantitative estimate of drug-likeness (QED) is 0.716. The van der Waals surface area contributed by atoms with Gasteiger partial charge >= 0.3 is 0 Å². The molecule has 0 atom stereocenters. The highest BCUT2D eigenvalue weighted by Gasteiger charge is 2.25. The first kappa shape index (κ1) is 14.7. The molecule has 0 aliphatic rings. The highest BCUT2D eigenvalue weighted by atomic mass is 79.9. The van der Waals surface area contributed by atoms with Crippen LogP contribution in [0.4, 0.5) is 0 Å². The minimum atomic E-state index is -3.42. The second kappa shape index (κ2) is 6.51. The highest BCUT2D eigenvalue weighted by molar-refractivity contribution is 9.09. The summed E-state index contributed by atoms with van der Waals surface area (Å²) in [5.74, 6) is 0. The molecule has 0 N–H and O–H groups in total. The van der Waals surface area contributed by atoms with Gasteiger partial charge in [0.2, 0.25) is 0 Å². The largest absolute Gasteiger partial charge is 0.260 e. The number of alkyl halides is 1. The van der Waals surface area contributed by atoms with E-state index in [-0.39, 0.29) is 5.03 Å². The topological polar surface area (TPSA) is 55.2 Å². The zero-order valence-corrected chi connectivity index (χ0v) is 12.5. The van der Waals surface area contributed by atoms with Gasteiger partial charge < -0.3 is 0 Å². The molecule has 1 rings (SSSR count). The van der Waals surface area contributed by atoms with E-state index < -0.39 is 10.0 Å². The molecule has 5 nitrogen and oxygen atoms in total. The van der Waals surface area contributed by atoms with Crippen LogP contribution in [-0.2, 0) is 17.1 Å². The second-order valence-electron chi connectivity index (χ2n) is 3.74.